The van der Waals surface area contributed by atoms with E-state index in [0.717, 1.165) is 25.6 Å². The highest BCUT2D eigenvalue weighted by Gasteiger charge is 2.13. The lowest BCUT2D eigenvalue weighted by Gasteiger charge is -2.27. The van der Waals surface area contributed by atoms with Gasteiger partial charge >= 0.3 is 0 Å². The zero-order valence-electron chi connectivity index (χ0n) is 13.2. The van der Waals surface area contributed by atoms with Crippen LogP contribution in [0.2, 0.25) is 0 Å². The van der Waals surface area contributed by atoms with Crippen molar-refractivity contribution in [3.8, 4) is 0 Å². The highest BCUT2D eigenvalue weighted by molar-refractivity contribution is 5.79. The molecule has 0 bridgehead atoms. The number of anilines is 1. The van der Waals surface area contributed by atoms with E-state index >= 15 is 0 Å². The quantitative estimate of drug-likeness (QED) is 0.496. The van der Waals surface area contributed by atoms with Crippen LogP contribution < -0.4 is 15.5 Å². The summed E-state index contributed by atoms with van der Waals surface area (Å²) in [5.41, 5.74) is 4.08. The number of benzene rings is 1. The molecule has 0 atom stereocenters. The SMILES string of the molecule is C=CCNC(=NCc1ccc2c(c1)CCCN2C)NCC. The molecule has 0 spiro atoms. The van der Waals surface area contributed by atoms with Crippen LogP contribution >= 0.6 is 0 Å². The first-order chi connectivity index (χ1) is 10.2. The molecular weight excluding hydrogens is 260 g/mol. The fourth-order valence-corrected chi connectivity index (χ4v) is 2.62. The van der Waals surface area contributed by atoms with Crippen LogP contribution in [0.4, 0.5) is 5.69 Å². The highest BCUT2D eigenvalue weighted by Crippen LogP contribution is 2.26. The molecule has 1 heterocycles. The Bertz CT molecular complexity index is 508. The first-order valence-electron chi connectivity index (χ1n) is 7.70. The summed E-state index contributed by atoms with van der Waals surface area (Å²) in [6, 6.07) is 6.70. The van der Waals surface area contributed by atoms with Gasteiger partial charge in [0, 0.05) is 32.4 Å². The number of nitrogens with zero attached hydrogens (tertiary/aromatic N) is 2. The van der Waals surface area contributed by atoms with Crippen molar-refractivity contribution in [2.24, 2.45) is 4.99 Å². The predicted octanol–water partition coefficient (Wildman–Crippen LogP) is 2.31. The van der Waals surface area contributed by atoms with Crippen molar-refractivity contribution in [2.75, 3.05) is 31.6 Å². The highest BCUT2D eigenvalue weighted by atomic mass is 15.2. The summed E-state index contributed by atoms with van der Waals surface area (Å²) in [5, 5.41) is 6.46. The van der Waals surface area contributed by atoms with Gasteiger partial charge in [-0.15, -0.1) is 6.58 Å². The molecule has 0 saturated heterocycles. The Kier molecular flexibility index (Phi) is 5.67. The van der Waals surface area contributed by atoms with Crippen LogP contribution in [0.15, 0.2) is 35.8 Å². The molecule has 1 aromatic rings. The maximum atomic E-state index is 4.62. The third-order valence-corrected chi connectivity index (χ3v) is 3.67. The number of aliphatic imine (C=N–C) groups is 1. The maximum Gasteiger partial charge on any atom is 0.191 e. The first-order valence-corrected chi connectivity index (χ1v) is 7.70. The summed E-state index contributed by atoms with van der Waals surface area (Å²) in [5.74, 6) is 0.840. The van der Waals surface area contributed by atoms with E-state index in [4.69, 9.17) is 0 Å². The van der Waals surface area contributed by atoms with Crippen molar-refractivity contribution in [1.82, 2.24) is 10.6 Å². The molecule has 0 fully saturated rings. The van der Waals surface area contributed by atoms with Gasteiger partial charge in [-0.1, -0.05) is 18.2 Å². The van der Waals surface area contributed by atoms with Crippen molar-refractivity contribution in [3.05, 3.63) is 42.0 Å². The van der Waals surface area contributed by atoms with E-state index in [1.54, 1.807) is 0 Å². The summed E-state index contributed by atoms with van der Waals surface area (Å²) in [6.07, 6.45) is 4.24. The number of nitrogens with one attached hydrogen (secondary N) is 2. The Balaban J connectivity index is 2.06. The van der Waals surface area contributed by atoms with Gasteiger partial charge in [0.15, 0.2) is 5.96 Å². The van der Waals surface area contributed by atoms with Gasteiger partial charge in [-0.25, -0.2) is 4.99 Å². The largest absolute Gasteiger partial charge is 0.374 e. The molecule has 1 aliphatic rings. The molecule has 0 saturated carbocycles. The smallest absolute Gasteiger partial charge is 0.191 e. The number of fused-ring (bicyclic) bond motifs is 1. The normalized spacial score (nSPS) is 14.6. The zero-order chi connectivity index (χ0) is 15.1. The number of hydrogen-bond donors (Lipinski definition) is 2. The molecule has 0 aliphatic carbocycles. The lowest BCUT2D eigenvalue weighted by atomic mass is 10.00. The minimum Gasteiger partial charge on any atom is -0.374 e. The molecule has 0 unspecified atom stereocenters. The number of aryl methyl sites for hydroxylation is 1. The van der Waals surface area contributed by atoms with Crippen molar-refractivity contribution >= 4 is 11.6 Å². The Hall–Kier alpha value is -1.97. The lowest BCUT2D eigenvalue weighted by Crippen LogP contribution is -2.37. The Morgan fingerprint density at radius 1 is 1.43 bits per heavy atom. The third kappa shape index (κ3) is 4.25. The molecule has 2 N–H and O–H groups in total. The summed E-state index contributed by atoms with van der Waals surface area (Å²) in [4.78, 5) is 6.96. The van der Waals surface area contributed by atoms with Crippen LogP contribution in [0.3, 0.4) is 0 Å². The maximum absolute atomic E-state index is 4.62. The van der Waals surface area contributed by atoms with E-state index in [1.165, 1.54) is 29.7 Å². The second-order valence-corrected chi connectivity index (χ2v) is 5.35. The Morgan fingerprint density at radius 2 is 2.29 bits per heavy atom. The average Bonchev–Trinajstić information content (AvgIpc) is 2.50. The van der Waals surface area contributed by atoms with Crippen LogP contribution in [0.1, 0.15) is 24.5 Å². The standard InChI is InChI=1S/C17H26N4/c1-4-10-19-17(18-5-2)20-13-14-8-9-16-15(12-14)7-6-11-21(16)3/h4,8-9,12H,1,5-7,10-11,13H2,2-3H3,(H2,18,19,20). The molecule has 0 aromatic heterocycles. The monoisotopic (exact) mass is 286 g/mol. The average molecular weight is 286 g/mol. The van der Waals surface area contributed by atoms with Crippen molar-refractivity contribution < 1.29 is 0 Å². The summed E-state index contributed by atoms with van der Waals surface area (Å²) in [7, 11) is 2.16. The van der Waals surface area contributed by atoms with Crippen LogP contribution in [0, 0.1) is 0 Å². The van der Waals surface area contributed by atoms with E-state index in [9.17, 15) is 0 Å². The van der Waals surface area contributed by atoms with Gasteiger partial charge in [-0.3, -0.25) is 0 Å². The van der Waals surface area contributed by atoms with Gasteiger partial charge in [0.05, 0.1) is 6.54 Å². The second-order valence-electron chi connectivity index (χ2n) is 5.35. The summed E-state index contributed by atoms with van der Waals surface area (Å²) >= 11 is 0. The first kappa shape index (κ1) is 15.4. The molecule has 1 aliphatic heterocycles. The van der Waals surface area contributed by atoms with Gasteiger partial charge in [-0.05, 0) is 37.0 Å². The van der Waals surface area contributed by atoms with E-state index in [0.29, 0.717) is 6.54 Å². The fourth-order valence-electron chi connectivity index (χ4n) is 2.62. The van der Waals surface area contributed by atoms with Crippen LogP contribution in [-0.2, 0) is 13.0 Å². The fraction of sp³-hybridized carbons (Fsp3) is 0.471. The van der Waals surface area contributed by atoms with Gasteiger partial charge in [0.1, 0.15) is 0 Å². The molecular formula is C17H26N4. The van der Waals surface area contributed by atoms with E-state index in [-0.39, 0.29) is 0 Å². The lowest BCUT2D eigenvalue weighted by molar-refractivity contribution is 0.742. The van der Waals surface area contributed by atoms with Gasteiger partial charge < -0.3 is 15.5 Å². The minimum absolute atomic E-state index is 0.698. The Labute approximate surface area is 128 Å². The molecule has 21 heavy (non-hydrogen) atoms. The number of guanidine groups is 1. The van der Waals surface area contributed by atoms with Crippen molar-refractivity contribution in [2.45, 2.75) is 26.3 Å². The molecule has 4 nitrogen and oxygen atoms in total. The van der Waals surface area contributed by atoms with Crippen LogP contribution in [0.5, 0.6) is 0 Å². The van der Waals surface area contributed by atoms with Gasteiger partial charge in [-0.2, -0.15) is 0 Å². The van der Waals surface area contributed by atoms with Gasteiger partial charge in [0.25, 0.3) is 0 Å². The predicted molar refractivity (Wildman–Crippen MR) is 91.0 cm³/mol. The Morgan fingerprint density at radius 3 is 3.05 bits per heavy atom. The second kappa shape index (κ2) is 7.72. The number of rotatable bonds is 5. The molecule has 0 radical (unpaired) electrons. The van der Waals surface area contributed by atoms with Crippen LogP contribution in [-0.4, -0.2) is 32.6 Å². The molecule has 1 aromatic carbocycles. The minimum atomic E-state index is 0.698. The molecule has 4 heteroatoms. The summed E-state index contributed by atoms with van der Waals surface area (Å²) < 4.78 is 0. The summed E-state index contributed by atoms with van der Waals surface area (Å²) in [6.45, 7) is 9.22. The van der Waals surface area contributed by atoms with E-state index in [1.807, 2.05) is 6.08 Å². The third-order valence-electron chi connectivity index (χ3n) is 3.67. The van der Waals surface area contributed by atoms with Gasteiger partial charge in [0.2, 0.25) is 0 Å². The van der Waals surface area contributed by atoms with Crippen LogP contribution in [0.25, 0.3) is 0 Å². The van der Waals surface area contributed by atoms with Crippen molar-refractivity contribution in [1.29, 1.82) is 0 Å². The molecule has 2 rings (SSSR count). The number of hydrogen-bond acceptors (Lipinski definition) is 2. The zero-order valence-corrected chi connectivity index (χ0v) is 13.2. The molecule has 114 valence electrons. The topological polar surface area (TPSA) is 39.7 Å². The van der Waals surface area contributed by atoms with Crippen molar-refractivity contribution in [3.63, 3.8) is 0 Å². The van der Waals surface area contributed by atoms with E-state index < -0.39 is 0 Å². The molecule has 0 amide bonds. The van der Waals surface area contributed by atoms with E-state index in [2.05, 4.69) is 59.3 Å².